The molecule has 0 aliphatic heterocycles. The number of hydrogen-bond acceptors (Lipinski definition) is 4. The molecule has 6 heteroatoms. The molecule has 2 rings (SSSR count). The molecule has 2 aromatic rings. The van der Waals surface area contributed by atoms with E-state index in [1.165, 1.54) is 6.34 Å². The van der Waals surface area contributed by atoms with Gasteiger partial charge in [-0.3, -0.25) is 4.99 Å². The van der Waals surface area contributed by atoms with Crippen LogP contribution in [0.4, 0.5) is 0 Å². The van der Waals surface area contributed by atoms with Crippen molar-refractivity contribution < 1.29 is 5.11 Å². The molecule has 0 unspecified atom stereocenters. The first-order chi connectivity index (χ1) is 11.7. The highest BCUT2D eigenvalue weighted by molar-refractivity contribution is 5.88. The van der Waals surface area contributed by atoms with E-state index in [0.717, 1.165) is 11.1 Å². The van der Waals surface area contributed by atoms with Crippen molar-refractivity contribution in [1.82, 2.24) is 0 Å². The molecule has 0 saturated carbocycles. The zero-order valence-electron chi connectivity index (χ0n) is 12.8. The summed E-state index contributed by atoms with van der Waals surface area (Å²) in [5.74, 6) is 0.0668. The number of benzene rings is 2. The fourth-order valence-electron chi connectivity index (χ4n) is 2.06. The molecule has 0 heterocycles. The molecule has 0 aliphatic carbocycles. The first kappa shape index (κ1) is 16.9. The average molecular weight is 317 g/mol. The van der Waals surface area contributed by atoms with Gasteiger partial charge in [-0.25, -0.2) is 4.99 Å². The third kappa shape index (κ3) is 4.26. The van der Waals surface area contributed by atoms with Gasteiger partial charge in [0.25, 0.3) is 0 Å². The standard InChI is InChI=1S/C18H15N5O/c19-9-13-1-5-15(6-2-13)18(23-12-22-17(21)11-24)16-7-3-14(10-20)4-8-16/h1-8,12,18,24H,11H2,(H2,21,22,23). The van der Waals surface area contributed by atoms with Gasteiger partial charge in [-0.05, 0) is 35.4 Å². The molecule has 0 radical (unpaired) electrons. The smallest absolute Gasteiger partial charge is 0.127 e. The number of hydrogen-bond donors (Lipinski definition) is 2. The van der Waals surface area contributed by atoms with Gasteiger partial charge in [0.05, 0.1) is 23.3 Å². The monoisotopic (exact) mass is 317 g/mol. The van der Waals surface area contributed by atoms with Crippen LogP contribution < -0.4 is 5.73 Å². The average Bonchev–Trinajstić information content (AvgIpc) is 2.65. The summed E-state index contributed by atoms with van der Waals surface area (Å²) >= 11 is 0. The van der Waals surface area contributed by atoms with E-state index >= 15 is 0 Å². The molecule has 0 bridgehead atoms. The second-order valence-corrected chi connectivity index (χ2v) is 4.91. The number of amidine groups is 1. The van der Waals surface area contributed by atoms with Crippen LogP contribution in [0.25, 0.3) is 0 Å². The lowest BCUT2D eigenvalue weighted by Gasteiger charge is -2.13. The predicted molar refractivity (Wildman–Crippen MR) is 91.4 cm³/mol. The maximum Gasteiger partial charge on any atom is 0.127 e. The highest BCUT2D eigenvalue weighted by atomic mass is 16.3. The lowest BCUT2D eigenvalue weighted by Crippen LogP contribution is -2.16. The Labute approximate surface area is 139 Å². The first-order valence-corrected chi connectivity index (χ1v) is 7.12. The van der Waals surface area contributed by atoms with Crippen molar-refractivity contribution in [2.45, 2.75) is 6.04 Å². The highest BCUT2D eigenvalue weighted by Gasteiger charge is 2.12. The van der Waals surface area contributed by atoms with Crippen LogP contribution in [0.2, 0.25) is 0 Å². The summed E-state index contributed by atoms with van der Waals surface area (Å²) < 4.78 is 0. The van der Waals surface area contributed by atoms with Gasteiger partial charge < -0.3 is 10.8 Å². The first-order valence-electron chi connectivity index (χ1n) is 7.12. The summed E-state index contributed by atoms with van der Waals surface area (Å²) in [6, 6.07) is 17.9. The number of nitriles is 2. The van der Waals surface area contributed by atoms with Crippen LogP contribution >= 0.6 is 0 Å². The maximum atomic E-state index is 8.91. The van der Waals surface area contributed by atoms with Gasteiger partial charge >= 0.3 is 0 Å². The Morgan fingerprint density at radius 1 is 1.00 bits per heavy atom. The van der Waals surface area contributed by atoms with Crippen molar-refractivity contribution in [2.75, 3.05) is 6.61 Å². The summed E-state index contributed by atoms with van der Waals surface area (Å²) in [5, 5.41) is 26.7. The van der Waals surface area contributed by atoms with Crippen molar-refractivity contribution in [3.05, 3.63) is 70.8 Å². The number of nitrogens with two attached hydrogens (primary N) is 1. The quantitative estimate of drug-likeness (QED) is 0.646. The molecule has 0 atom stereocenters. The largest absolute Gasteiger partial charge is 0.388 e. The fourth-order valence-corrected chi connectivity index (χ4v) is 2.06. The molecule has 0 fully saturated rings. The van der Waals surface area contributed by atoms with Gasteiger partial charge in [-0.15, -0.1) is 0 Å². The van der Waals surface area contributed by atoms with Gasteiger partial charge in [0.1, 0.15) is 24.8 Å². The van der Waals surface area contributed by atoms with Gasteiger partial charge in [-0.1, -0.05) is 24.3 Å². The Kier molecular flexibility index (Phi) is 5.79. The predicted octanol–water partition coefficient (Wildman–Crippen LogP) is 1.90. The fraction of sp³-hybridized carbons (Fsp3) is 0.111. The van der Waals surface area contributed by atoms with Crippen LogP contribution in [0.5, 0.6) is 0 Å². The van der Waals surface area contributed by atoms with E-state index < -0.39 is 0 Å². The van der Waals surface area contributed by atoms with Crippen LogP contribution in [-0.4, -0.2) is 23.9 Å². The zero-order valence-corrected chi connectivity index (χ0v) is 12.8. The third-order valence-corrected chi connectivity index (χ3v) is 3.31. The van der Waals surface area contributed by atoms with Crippen molar-refractivity contribution >= 4 is 12.2 Å². The van der Waals surface area contributed by atoms with Crippen molar-refractivity contribution in [3.8, 4) is 12.1 Å². The van der Waals surface area contributed by atoms with Crippen LogP contribution in [0.1, 0.15) is 28.3 Å². The van der Waals surface area contributed by atoms with Gasteiger partial charge in [-0.2, -0.15) is 10.5 Å². The molecule has 118 valence electrons. The molecule has 0 spiro atoms. The maximum absolute atomic E-state index is 8.91. The summed E-state index contributed by atoms with van der Waals surface area (Å²) in [5.41, 5.74) is 8.30. The minimum atomic E-state index is -0.360. The minimum absolute atomic E-state index is 0.0668. The second-order valence-electron chi connectivity index (χ2n) is 4.91. The zero-order chi connectivity index (χ0) is 17.4. The lowest BCUT2D eigenvalue weighted by atomic mass is 9.97. The molecule has 6 nitrogen and oxygen atoms in total. The van der Waals surface area contributed by atoms with E-state index in [2.05, 4.69) is 22.1 Å². The van der Waals surface area contributed by atoms with Gasteiger partial charge in [0.2, 0.25) is 0 Å². The normalized spacial score (nSPS) is 11.4. The Morgan fingerprint density at radius 3 is 1.83 bits per heavy atom. The van der Waals surface area contributed by atoms with Crippen molar-refractivity contribution in [2.24, 2.45) is 15.7 Å². The van der Waals surface area contributed by atoms with Crippen LogP contribution in [-0.2, 0) is 0 Å². The van der Waals surface area contributed by atoms with Crippen LogP contribution in [0, 0.1) is 22.7 Å². The number of aliphatic hydroxyl groups is 1. The highest BCUT2D eigenvalue weighted by Crippen LogP contribution is 2.26. The Morgan fingerprint density at radius 2 is 1.46 bits per heavy atom. The summed E-state index contributed by atoms with van der Waals surface area (Å²) in [6.45, 7) is -0.343. The van der Waals surface area contributed by atoms with E-state index in [4.69, 9.17) is 21.4 Å². The van der Waals surface area contributed by atoms with Crippen molar-refractivity contribution in [3.63, 3.8) is 0 Å². The van der Waals surface area contributed by atoms with Crippen molar-refractivity contribution in [1.29, 1.82) is 10.5 Å². The molecular formula is C18H15N5O. The molecule has 0 aliphatic rings. The lowest BCUT2D eigenvalue weighted by molar-refractivity contribution is 0.356. The summed E-state index contributed by atoms with van der Waals surface area (Å²) in [4.78, 5) is 8.24. The van der Waals surface area contributed by atoms with E-state index in [1.807, 2.05) is 24.3 Å². The Bertz CT molecular complexity index is 766. The Balaban J connectivity index is 2.39. The molecular weight excluding hydrogens is 302 g/mol. The Hall–Kier alpha value is -3.48. The molecule has 0 aromatic heterocycles. The topological polar surface area (TPSA) is 119 Å². The number of aliphatic hydroxyl groups excluding tert-OH is 1. The van der Waals surface area contributed by atoms with Crippen LogP contribution in [0.15, 0.2) is 58.5 Å². The van der Waals surface area contributed by atoms with E-state index in [1.54, 1.807) is 24.3 Å². The SMILES string of the molecule is N#Cc1ccc(C(N=CN=C(N)CO)c2ccc(C#N)cc2)cc1. The second kappa shape index (κ2) is 8.23. The van der Waals surface area contributed by atoms with Gasteiger partial charge in [0, 0.05) is 0 Å². The molecule has 0 saturated heterocycles. The summed E-state index contributed by atoms with van der Waals surface area (Å²) in [7, 11) is 0. The molecule has 24 heavy (non-hydrogen) atoms. The van der Waals surface area contributed by atoms with Gasteiger partial charge in [0.15, 0.2) is 0 Å². The molecule has 2 aromatic carbocycles. The third-order valence-electron chi connectivity index (χ3n) is 3.31. The minimum Gasteiger partial charge on any atom is -0.388 e. The number of nitrogens with zero attached hydrogens (tertiary/aromatic N) is 4. The van der Waals surface area contributed by atoms with E-state index in [9.17, 15) is 0 Å². The molecule has 0 amide bonds. The van der Waals surface area contributed by atoms with E-state index in [0.29, 0.717) is 11.1 Å². The number of rotatable bonds is 5. The number of aliphatic imine (C=N–C) groups is 2. The van der Waals surface area contributed by atoms with E-state index in [-0.39, 0.29) is 18.5 Å². The molecule has 3 N–H and O–H groups in total. The summed E-state index contributed by atoms with van der Waals surface area (Å²) in [6.07, 6.45) is 1.30. The van der Waals surface area contributed by atoms with Crippen LogP contribution in [0.3, 0.4) is 0 Å².